The minimum Gasteiger partial charge on any atom is -0.339 e. The predicted molar refractivity (Wildman–Crippen MR) is 77.7 cm³/mol. The Bertz CT molecular complexity index is 411. The molecule has 0 aromatic rings. The largest absolute Gasteiger partial charge is 0.339 e. The quantitative estimate of drug-likeness (QED) is 0.770. The zero-order valence-electron chi connectivity index (χ0n) is 11.9. The van der Waals surface area contributed by atoms with Crippen LogP contribution < -0.4 is 5.73 Å². The van der Waals surface area contributed by atoms with E-state index < -0.39 is 16.1 Å². The Morgan fingerprint density at radius 2 is 1.58 bits per heavy atom. The van der Waals surface area contributed by atoms with Crippen molar-refractivity contribution in [1.82, 2.24) is 9.21 Å². The van der Waals surface area contributed by atoms with Crippen LogP contribution in [0.1, 0.15) is 20.8 Å². The summed E-state index contributed by atoms with van der Waals surface area (Å²) in [7, 11) is -3.16. The van der Waals surface area contributed by atoms with E-state index in [1.807, 2.05) is 20.8 Å². The third-order valence-electron chi connectivity index (χ3n) is 3.22. The molecular formula is C11H24ClN3O3S. The molecule has 0 bridgehead atoms. The number of nitrogens with two attached hydrogens (primary N) is 1. The topological polar surface area (TPSA) is 83.7 Å². The van der Waals surface area contributed by atoms with Gasteiger partial charge in [0.25, 0.3) is 0 Å². The van der Waals surface area contributed by atoms with E-state index in [2.05, 4.69) is 0 Å². The first-order chi connectivity index (χ1) is 8.03. The van der Waals surface area contributed by atoms with Crippen molar-refractivity contribution in [2.24, 2.45) is 11.1 Å². The number of piperazine rings is 1. The van der Waals surface area contributed by atoms with Crippen LogP contribution >= 0.6 is 12.4 Å². The first-order valence-corrected chi connectivity index (χ1v) is 7.88. The van der Waals surface area contributed by atoms with Crippen molar-refractivity contribution in [3.8, 4) is 0 Å². The Labute approximate surface area is 121 Å². The summed E-state index contributed by atoms with van der Waals surface area (Å²) in [4.78, 5) is 13.8. The maximum absolute atomic E-state index is 12.1. The molecule has 0 aliphatic carbocycles. The van der Waals surface area contributed by atoms with Crippen LogP contribution in [0.2, 0.25) is 0 Å². The van der Waals surface area contributed by atoms with Gasteiger partial charge in [-0.25, -0.2) is 8.42 Å². The monoisotopic (exact) mass is 313 g/mol. The SMILES string of the molecule is CC(C)(C)[C@H](N)C(=O)N1CCN(S(C)(=O)=O)CC1.Cl. The van der Waals surface area contributed by atoms with Gasteiger partial charge >= 0.3 is 0 Å². The van der Waals surface area contributed by atoms with Crippen molar-refractivity contribution in [3.05, 3.63) is 0 Å². The van der Waals surface area contributed by atoms with Crippen molar-refractivity contribution >= 4 is 28.3 Å². The molecule has 0 aromatic carbocycles. The fourth-order valence-electron chi connectivity index (χ4n) is 1.81. The van der Waals surface area contributed by atoms with Crippen LogP contribution in [0.4, 0.5) is 0 Å². The van der Waals surface area contributed by atoms with Gasteiger partial charge in [-0.3, -0.25) is 4.79 Å². The van der Waals surface area contributed by atoms with Crippen molar-refractivity contribution in [1.29, 1.82) is 0 Å². The molecule has 8 heteroatoms. The van der Waals surface area contributed by atoms with Crippen LogP contribution in [-0.2, 0) is 14.8 Å². The zero-order chi connectivity index (χ0) is 14.1. The Balaban J connectivity index is 0.00000324. The molecule has 1 heterocycles. The number of hydrogen-bond acceptors (Lipinski definition) is 4. The zero-order valence-corrected chi connectivity index (χ0v) is 13.6. The summed E-state index contributed by atoms with van der Waals surface area (Å²) in [5.41, 5.74) is 5.64. The molecule has 1 amide bonds. The van der Waals surface area contributed by atoms with Crippen LogP contribution in [-0.4, -0.2) is 62.0 Å². The lowest BCUT2D eigenvalue weighted by Crippen LogP contribution is -2.56. The average molecular weight is 314 g/mol. The smallest absolute Gasteiger partial charge is 0.240 e. The van der Waals surface area contributed by atoms with E-state index in [9.17, 15) is 13.2 Å². The lowest BCUT2D eigenvalue weighted by molar-refractivity contribution is -0.136. The Kier molecular flexibility index (Phi) is 6.26. The second-order valence-electron chi connectivity index (χ2n) is 5.83. The number of nitrogens with zero attached hydrogens (tertiary/aromatic N) is 2. The maximum Gasteiger partial charge on any atom is 0.240 e. The van der Waals surface area contributed by atoms with Crippen LogP contribution in [0.15, 0.2) is 0 Å². The second-order valence-corrected chi connectivity index (χ2v) is 7.81. The predicted octanol–water partition coefficient (Wildman–Crippen LogP) is -0.115. The summed E-state index contributed by atoms with van der Waals surface area (Å²) >= 11 is 0. The minimum absolute atomic E-state index is 0. The first-order valence-electron chi connectivity index (χ1n) is 6.03. The van der Waals surface area contributed by atoms with Crippen molar-refractivity contribution < 1.29 is 13.2 Å². The normalized spacial score (nSPS) is 19.7. The van der Waals surface area contributed by atoms with Gasteiger partial charge in [0.05, 0.1) is 12.3 Å². The number of halogens is 1. The summed E-state index contributed by atoms with van der Waals surface area (Å²) in [5.74, 6) is -0.101. The molecule has 2 N–H and O–H groups in total. The molecule has 0 radical (unpaired) electrons. The van der Waals surface area contributed by atoms with E-state index in [1.54, 1.807) is 4.90 Å². The Hall–Kier alpha value is -0.370. The molecule has 1 rings (SSSR count). The standard InChI is InChI=1S/C11H23N3O3S.ClH/c1-11(2,3)9(12)10(15)13-5-7-14(8-6-13)18(4,16)17;/h9H,5-8,12H2,1-4H3;1H/t9-;/m1./s1. The van der Waals surface area contributed by atoms with Gasteiger partial charge in [0.15, 0.2) is 0 Å². The molecule has 1 saturated heterocycles. The summed E-state index contributed by atoms with van der Waals surface area (Å²) in [6, 6.07) is -0.553. The molecule has 0 aromatic heterocycles. The van der Waals surface area contributed by atoms with Crippen LogP contribution in [0, 0.1) is 5.41 Å². The molecule has 1 atom stereocenters. The third kappa shape index (κ3) is 4.91. The van der Waals surface area contributed by atoms with E-state index >= 15 is 0 Å². The summed E-state index contributed by atoms with van der Waals surface area (Å²) < 4.78 is 24.1. The minimum atomic E-state index is -3.16. The Morgan fingerprint density at radius 3 is 1.89 bits per heavy atom. The lowest BCUT2D eigenvalue weighted by atomic mass is 9.86. The molecule has 1 fully saturated rings. The number of rotatable bonds is 2. The van der Waals surface area contributed by atoms with Gasteiger partial charge in [0.2, 0.25) is 15.9 Å². The molecule has 6 nitrogen and oxygen atoms in total. The average Bonchev–Trinajstić information content (AvgIpc) is 2.25. The highest BCUT2D eigenvalue weighted by Gasteiger charge is 2.33. The number of hydrogen-bond donors (Lipinski definition) is 1. The van der Waals surface area contributed by atoms with Crippen molar-refractivity contribution in [2.45, 2.75) is 26.8 Å². The first kappa shape index (κ1) is 18.6. The molecule has 0 saturated carbocycles. The summed E-state index contributed by atoms with van der Waals surface area (Å²) in [6.45, 7) is 7.28. The van der Waals surface area contributed by atoms with E-state index in [0.29, 0.717) is 26.2 Å². The van der Waals surface area contributed by atoms with Gasteiger partial charge in [0.1, 0.15) is 0 Å². The van der Waals surface area contributed by atoms with Gasteiger partial charge in [0, 0.05) is 26.2 Å². The molecule has 0 spiro atoms. The highest BCUT2D eigenvalue weighted by atomic mass is 35.5. The van der Waals surface area contributed by atoms with Crippen LogP contribution in [0.3, 0.4) is 0 Å². The van der Waals surface area contributed by atoms with Gasteiger partial charge in [-0.05, 0) is 5.41 Å². The van der Waals surface area contributed by atoms with E-state index in [1.165, 1.54) is 10.6 Å². The van der Waals surface area contributed by atoms with Crippen molar-refractivity contribution in [2.75, 3.05) is 32.4 Å². The lowest BCUT2D eigenvalue weighted by Gasteiger charge is -2.37. The Morgan fingerprint density at radius 1 is 1.16 bits per heavy atom. The molecule has 1 aliphatic rings. The van der Waals surface area contributed by atoms with Gasteiger partial charge in [-0.15, -0.1) is 12.4 Å². The van der Waals surface area contributed by atoms with Crippen molar-refractivity contribution in [3.63, 3.8) is 0 Å². The fraction of sp³-hybridized carbons (Fsp3) is 0.909. The number of carbonyl (C=O) groups excluding carboxylic acids is 1. The second kappa shape index (κ2) is 6.39. The molecular weight excluding hydrogens is 290 g/mol. The maximum atomic E-state index is 12.1. The van der Waals surface area contributed by atoms with E-state index in [4.69, 9.17) is 5.73 Å². The van der Waals surface area contributed by atoms with Gasteiger partial charge < -0.3 is 10.6 Å². The summed E-state index contributed by atoms with van der Waals surface area (Å²) in [5, 5.41) is 0. The third-order valence-corrected chi connectivity index (χ3v) is 4.52. The fourth-order valence-corrected chi connectivity index (χ4v) is 2.63. The number of carbonyl (C=O) groups is 1. The molecule has 1 aliphatic heterocycles. The molecule has 0 unspecified atom stereocenters. The number of amides is 1. The highest BCUT2D eigenvalue weighted by Crippen LogP contribution is 2.20. The van der Waals surface area contributed by atoms with E-state index in [-0.39, 0.29) is 23.7 Å². The molecule has 19 heavy (non-hydrogen) atoms. The molecule has 114 valence electrons. The van der Waals surface area contributed by atoms with Crippen LogP contribution in [0.25, 0.3) is 0 Å². The number of sulfonamides is 1. The van der Waals surface area contributed by atoms with Crippen LogP contribution in [0.5, 0.6) is 0 Å². The van der Waals surface area contributed by atoms with Gasteiger partial charge in [-0.2, -0.15) is 4.31 Å². The summed E-state index contributed by atoms with van der Waals surface area (Å²) in [6.07, 6.45) is 1.19. The van der Waals surface area contributed by atoms with E-state index in [0.717, 1.165) is 0 Å². The van der Waals surface area contributed by atoms with Gasteiger partial charge in [-0.1, -0.05) is 20.8 Å². The highest BCUT2D eigenvalue weighted by molar-refractivity contribution is 7.88.